The van der Waals surface area contributed by atoms with Crippen LogP contribution in [0.1, 0.15) is 36.8 Å². The van der Waals surface area contributed by atoms with Crippen LogP contribution < -0.4 is 4.90 Å². The summed E-state index contributed by atoms with van der Waals surface area (Å²) in [6.07, 6.45) is 11.1. The molecule has 0 aliphatic carbocycles. The van der Waals surface area contributed by atoms with Gasteiger partial charge in [0.2, 0.25) is 5.91 Å². The standard InChI is InChI=1S/C28H34N2O5S/c1-18-10-11-19(2)20(17-18)29-13-7-12-28-23(25(32)30(14-8-15-31)24(28)26(29)33)22-21(36-28)9-5-3-4-6-16-35-27(22)34/h5,7,9-12,17,21-24,31H,3-4,6,8,13-16H2,1-2H3/b9-5-/t21-,22+,23-,24?,28-/m0/s1. The van der Waals surface area contributed by atoms with Crippen LogP contribution in [0.5, 0.6) is 0 Å². The van der Waals surface area contributed by atoms with Gasteiger partial charge in [0.05, 0.1) is 23.2 Å². The molecule has 5 atom stereocenters. The molecule has 0 radical (unpaired) electrons. The van der Waals surface area contributed by atoms with Crippen LogP contribution in [0.2, 0.25) is 0 Å². The van der Waals surface area contributed by atoms with Gasteiger partial charge >= 0.3 is 5.97 Å². The number of nitrogens with zero attached hydrogens (tertiary/aromatic N) is 2. The fraction of sp³-hybridized carbons (Fsp3) is 0.536. The molecule has 0 aromatic heterocycles. The van der Waals surface area contributed by atoms with Gasteiger partial charge in [0, 0.05) is 30.6 Å². The van der Waals surface area contributed by atoms with E-state index in [1.54, 1.807) is 21.6 Å². The Kier molecular flexibility index (Phi) is 7.01. The first-order valence-corrected chi connectivity index (χ1v) is 13.8. The van der Waals surface area contributed by atoms with Crippen molar-refractivity contribution in [2.24, 2.45) is 11.8 Å². The number of aliphatic hydroxyl groups excluding tert-OH is 1. The summed E-state index contributed by atoms with van der Waals surface area (Å²) in [6, 6.07) is 5.28. The molecule has 2 saturated heterocycles. The lowest BCUT2D eigenvalue weighted by atomic mass is 9.78. The molecule has 7 nitrogen and oxygen atoms in total. The number of hydrogen-bond acceptors (Lipinski definition) is 6. The molecular weight excluding hydrogens is 476 g/mol. The second-order valence-electron chi connectivity index (χ2n) is 10.2. The van der Waals surface area contributed by atoms with Gasteiger partial charge in [0.15, 0.2) is 0 Å². The predicted octanol–water partition coefficient (Wildman–Crippen LogP) is 3.17. The molecule has 1 aromatic carbocycles. The Morgan fingerprint density at radius 1 is 1.14 bits per heavy atom. The van der Waals surface area contributed by atoms with E-state index in [2.05, 4.69) is 6.08 Å². The minimum atomic E-state index is -0.872. The molecule has 1 aromatic rings. The highest BCUT2D eigenvalue weighted by molar-refractivity contribution is 8.02. The first-order valence-electron chi connectivity index (χ1n) is 12.9. The van der Waals surface area contributed by atoms with Crippen LogP contribution in [-0.2, 0) is 19.1 Å². The van der Waals surface area contributed by atoms with Crippen molar-refractivity contribution in [1.29, 1.82) is 0 Å². The zero-order valence-corrected chi connectivity index (χ0v) is 21.7. The molecule has 5 rings (SSSR count). The summed E-state index contributed by atoms with van der Waals surface area (Å²) in [4.78, 5) is 45.1. The molecule has 1 unspecified atom stereocenters. The van der Waals surface area contributed by atoms with Crippen molar-refractivity contribution in [1.82, 2.24) is 4.90 Å². The lowest BCUT2D eigenvalue weighted by molar-refractivity contribution is -0.153. The Balaban J connectivity index is 1.61. The van der Waals surface area contributed by atoms with E-state index in [9.17, 15) is 19.5 Å². The molecular formula is C28H34N2O5S. The van der Waals surface area contributed by atoms with Gasteiger partial charge in [-0.3, -0.25) is 14.4 Å². The van der Waals surface area contributed by atoms with Crippen molar-refractivity contribution in [3.05, 3.63) is 53.6 Å². The van der Waals surface area contributed by atoms with Crippen LogP contribution in [-0.4, -0.2) is 70.1 Å². The molecule has 4 heterocycles. The zero-order valence-electron chi connectivity index (χ0n) is 20.9. The minimum Gasteiger partial charge on any atom is -0.465 e. The van der Waals surface area contributed by atoms with Gasteiger partial charge in [-0.15, -0.1) is 11.8 Å². The van der Waals surface area contributed by atoms with E-state index >= 15 is 0 Å². The summed E-state index contributed by atoms with van der Waals surface area (Å²) >= 11 is 1.55. The number of anilines is 1. The van der Waals surface area contributed by atoms with Crippen LogP contribution in [0.3, 0.4) is 0 Å². The molecule has 0 bridgehead atoms. The highest BCUT2D eigenvalue weighted by atomic mass is 32.2. The normalized spacial score (nSPS) is 33.0. The van der Waals surface area contributed by atoms with Gasteiger partial charge in [-0.05, 0) is 56.7 Å². The smallest absolute Gasteiger partial charge is 0.311 e. The highest BCUT2D eigenvalue weighted by Gasteiger charge is 2.70. The van der Waals surface area contributed by atoms with E-state index in [4.69, 9.17) is 4.74 Å². The topological polar surface area (TPSA) is 87.2 Å². The van der Waals surface area contributed by atoms with E-state index < -0.39 is 22.6 Å². The van der Waals surface area contributed by atoms with Gasteiger partial charge in [-0.25, -0.2) is 0 Å². The van der Waals surface area contributed by atoms with Gasteiger partial charge in [0.1, 0.15) is 6.04 Å². The Bertz CT molecular complexity index is 1120. The number of likely N-dealkylation sites (tertiary alicyclic amines) is 1. The lowest BCUT2D eigenvalue weighted by Crippen LogP contribution is -2.53. The number of hydrogen-bond donors (Lipinski definition) is 1. The van der Waals surface area contributed by atoms with E-state index in [1.807, 2.05) is 50.3 Å². The van der Waals surface area contributed by atoms with Crippen LogP contribution >= 0.6 is 11.8 Å². The molecule has 2 fully saturated rings. The predicted molar refractivity (Wildman–Crippen MR) is 140 cm³/mol. The maximum absolute atomic E-state index is 14.4. The molecule has 1 N–H and O–H groups in total. The Morgan fingerprint density at radius 3 is 2.78 bits per heavy atom. The molecule has 192 valence electrons. The number of carbonyl (C=O) groups is 3. The number of rotatable bonds is 4. The van der Waals surface area contributed by atoms with Crippen molar-refractivity contribution in [3.63, 3.8) is 0 Å². The van der Waals surface area contributed by atoms with Gasteiger partial charge in [-0.2, -0.15) is 0 Å². The number of aryl methyl sites for hydroxylation is 2. The van der Waals surface area contributed by atoms with Crippen LogP contribution in [0.4, 0.5) is 5.69 Å². The molecule has 2 amide bonds. The minimum absolute atomic E-state index is 0.0805. The zero-order chi connectivity index (χ0) is 25.4. The maximum atomic E-state index is 14.4. The SMILES string of the molecule is Cc1ccc(C)c(N2CC=C[C@]34S[C@H]5/C=C\CCCCOC(=O)[C@H]5[C@H]3C(=O)N(CCCO)C4C2=O)c1. The summed E-state index contributed by atoms with van der Waals surface area (Å²) in [7, 11) is 0. The summed E-state index contributed by atoms with van der Waals surface area (Å²) in [5.74, 6) is -2.03. The number of amides is 2. The van der Waals surface area contributed by atoms with E-state index in [-0.39, 0.29) is 36.2 Å². The molecule has 36 heavy (non-hydrogen) atoms. The largest absolute Gasteiger partial charge is 0.465 e. The third-order valence-corrected chi connectivity index (χ3v) is 9.56. The first-order chi connectivity index (χ1) is 17.4. The van der Waals surface area contributed by atoms with Crippen molar-refractivity contribution < 1.29 is 24.2 Å². The molecule has 4 aliphatic rings. The van der Waals surface area contributed by atoms with Crippen molar-refractivity contribution in [2.75, 3.05) is 31.2 Å². The molecule has 1 spiro atoms. The monoisotopic (exact) mass is 510 g/mol. The Labute approximate surface area is 216 Å². The van der Waals surface area contributed by atoms with Crippen molar-refractivity contribution in [3.8, 4) is 0 Å². The number of carbonyl (C=O) groups excluding carboxylic acids is 3. The van der Waals surface area contributed by atoms with Crippen LogP contribution in [0.25, 0.3) is 0 Å². The van der Waals surface area contributed by atoms with E-state index in [1.165, 1.54) is 0 Å². The third kappa shape index (κ3) is 4.08. The number of allylic oxidation sites excluding steroid dienone is 1. The van der Waals surface area contributed by atoms with Gasteiger partial charge in [0.25, 0.3) is 5.91 Å². The second-order valence-corrected chi connectivity index (χ2v) is 11.7. The number of fused-ring (bicyclic) bond motifs is 2. The summed E-state index contributed by atoms with van der Waals surface area (Å²) in [5, 5.41) is 9.31. The van der Waals surface area contributed by atoms with E-state index in [0.29, 0.717) is 19.6 Å². The number of benzene rings is 1. The van der Waals surface area contributed by atoms with Crippen LogP contribution in [0.15, 0.2) is 42.5 Å². The number of ether oxygens (including phenoxy) is 1. The highest BCUT2D eigenvalue weighted by Crippen LogP contribution is 2.60. The van der Waals surface area contributed by atoms with Crippen molar-refractivity contribution >= 4 is 35.2 Å². The fourth-order valence-electron chi connectivity index (χ4n) is 6.12. The van der Waals surface area contributed by atoms with Crippen molar-refractivity contribution in [2.45, 2.75) is 55.6 Å². The number of thioether (sulfide) groups is 1. The van der Waals surface area contributed by atoms with Gasteiger partial charge < -0.3 is 19.6 Å². The molecule has 8 heteroatoms. The average Bonchev–Trinajstić information content (AvgIpc) is 3.24. The average molecular weight is 511 g/mol. The quantitative estimate of drug-likeness (QED) is 0.495. The summed E-state index contributed by atoms with van der Waals surface area (Å²) in [5.41, 5.74) is 2.87. The maximum Gasteiger partial charge on any atom is 0.311 e. The second kappa shape index (κ2) is 10.1. The molecule has 0 saturated carbocycles. The summed E-state index contributed by atoms with van der Waals surface area (Å²) in [6.45, 7) is 4.91. The Hall–Kier alpha value is -2.58. The summed E-state index contributed by atoms with van der Waals surface area (Å²) < 4.78 is 4.77. The van der Waals surface area contributed by atoms with Crippen LogP contribution in [0, 0.1) is 25.7 Å². The lowest BCUT2D eigenvalue weighted by Gasteiger charge is -2.35. The van der Waals surface area contributed by atoms with E-state index in [0.717, 1.165) is 36.1 Å². The fourth-order valence-corrected chi connectivity index (χ4v) is 8.13. The van der Waals surface area contributed by atoms with Gasteiger partial charge in [-0.1, -0.05) is 36.4 Å². The third-order valence-electron chi connectivity index (χ3n) is 7.81. The number of esters is 1. The first kappa shape index (κ1) is 25.1. The Morgan fingerprint density at radius 2 is 1.97 bits per heavy atom. The number of aliphatic hydroxyl groups is 1. The number of cyclic esters (lactones) is 1. The molecule has 4 aliphatic heterocycles.